The van der Waals surface area contributed by atoms with E-state index in [0.29, 0.717) is 22.0 Å². The Labute approximate surface area is 81.0 Å². The molecule has 0 aromatic heterocycles. The molecule has 0 bridgehead atoms. The van der Waals surface area contributed by atoms with Gasteiger partial charge in [-0.05, 0) is 12.1 Å². The van der Waals surface area contributed by atoms with Gasteiger partial charge in [0, 0.05) is 17.0 Å². The van der Waals surface area contributed by atoms with Crippen molar-refractivity contribution in [2.45, 2.75) is 6.42 Å². The van der Waals surface area contributed by atoms with Gasteiger partial charge in [0.25, 0.3) is 0 Å². The first-order valence-electron chi connectivity index (χ1n) is 3.35. The highest BCUT2D eigenvalue weighted by molar-refractivity contribution is 7.80. The lowest BCUT2D eigenvalue weighted by atomic mass is 10.1. The Morgan fingerprint density at radius 2 is 2.25 bits per heavy atom. The number of hydrogen-bond donors (Lipinski definition) is 2. The van der Waals surface area contributed by atoms with E-state index in [2.05, 4.69) is 0 Å². The summed E-state index contributed by atoms with van der Waals surface area (Å²) in [5.74, 6) is 0.135. The van der Waals surface area contributed by atoms with Crippen LogP contribution in [0.4, 0.5) is 0 Å². The van der Waals surface area contributed by atoms with Crippen LogP contribution in [0.5, 0.6) is 5.75 Å². The largest absolute Gasteiger partial charge is 0.508 e. The zero-order chi connectivity index (χ0) is 9.14. The molecular formula is C8H8ClNOS. The number of phenolic OH excluding ortho intramolecular Hbond substituents is 1. The van der Waals surface area contributed by atoms with Crippen LogP contribution in [0, 0.1) is 0 Å². The Morgan fingerprint density at radius 3 is 2.75 bits per heavy atom. The van der Waals surface area contributed by atoms with E-state index < -0.39 is 0 Å². The Balaban J connectivity index is 2.93. The van der Waals surface area contributed by atoms with Crippen LogP contribution in [0.2, 0.25) is 5.02 Å². The molecule has 3 N–H and O–H groups in total. The monoisotopic (exact) mass is 201 g/mol. The fraction of sp³-hybridized carbons (Fsp3) is 0.125. The van der Waals surface area contributed by atoms with E-state index in [1.807, 2.05) is 0 Å². The predicted octanol–water partition coefficient (Wildman–Crippen LogP) is 1.87. The number of nitrogens with two attached hydrogens (primary N) is 1. The lowest BCUT2D eigenvalue weighted by Crippen LogP contribution is -2.10. The van der Waals surface area contributed by atoms with Crippen LogP contribution < -0.4 is 5.73 Å². The SMILES string of the molecule is NC(=S)Cc1ccc(Cl)cc1O. The summed E-state index contributed by atoms with van der Waals surface area (Å²) in [5, 5.41) is 9.84. The van der Waals surface area contributed by atoms with Crippen LogP contribution in [0.1, 0.15) is 5.56 Å². The maximum atomic E-state index is 9.34. The average Bonchev–Trinajstić information content (AvgIpc) is 1.94. The normalized spacial score (nSPS) is 9.75. The minimum absolute atomic E-state index is 0.135. The molecule has 4 heteroatoms. The Morgan fingerprint density at radius 1 is 1.58 bits per heavy atom. The summed E-state index contributed by atoms with van der Waals surface area (Å²) in [6.07, 6.45) is 0.401. The molecule has 1 aromatic rings. The van der Waals surface area contributed by atoms with Crippen LogP contribution >= 0.6 is 23.8 Å². The summed E-state index contributed by atoms with van der Waals surface area (Å²) in [6.45, 7) is 0. The molecule has 1 aromatic carbocycles. The molecule has 1 rings (SSSR count). The van der Waals surface area contributed by atoms with Crippen molar-refractivity contribution in [3.63, 3.8) is 0 Å². The number of benzene rings is 1. The minimum atomic E-state index is 0.135. The van der Waals surface area contributed by atoms with E-state index in [0.717, 1.165) is 0 Å². The van der Waals surface area contributed by atoms with Crippen molar-refractivity contribution >= 4 is 28.8 Å². The Bertz CT molecular complexity index is 314. The number of halogens is 1. The van der Waals surface area contributed by atoms with Gasteiger partial charge in [-0.25, -0.2) is 0 Å². The third-order valence-corrected chi connectivity index (χ3v) is 1.79. The second-order valence-corrected chi connectivity index (χ2v) is 3.38. The van der Waals surface area contributed by atoms with Gasteiger partial charge in [-0.2, -0.15) is 0 Å². The van der Waals surface area contributed by atoms with Gasteiger partial charge < -0.3 is 10.8 Å². The van der Waals surface area contributed by atoms with Gasteiger partial charge in [0.05, 0.1) is 4.99 Å². The van der Waals surface area contributed by atoms with Crippen LogP contribution in [-0.2, 0) is 6.42 Å². The Kier molecular flexibility index (Phi) is 2.89. The molecule has 0 radical (unpaired) electrons. The molecule has 12 heavy (non-hydrogen) atoms. The van der Waals surface area contributed by atoms with Crippen molar-refractivity contribution in [3.05, 3.63) is 28.8 Å². The van der Waals surface area contributed by atoms with Gasteiger partial charge in [0.2, 0.25) is 0 Å². The molecule has 64 valence electrons. The lowest BCUT2D eigenvalue weighted by Gasteiger charge is -2.02. The van der Waals surface area contributed by atoms with E-state index in [1.165, 1.54) is 6.07 Å². The van der Waals surface area contributed by atoms with Crippen molar-refractivity contribution in [2.24, 2.45) is 5.73 Å². The van der Waals surface area contributed by atoms with Gasteiger partial charge in [0.1, 0.15) is 5.75 Å². The number of rotatable bonds is 2. The number of aromatic hydroxyl groups is 1. The third-order valence-electron chi connectivity index (χ3n) is 1.41. The first kappa shape index (κ1) is 9.29. The molecule has 0 aliphatic heterocycles. The maximum absolute atomic E-state index is 9.34. The lowest BCUT2D eigenvalue weighted by molar-refractivity contribution is 0.470. The van der Waals surface area contributed by atoms with Gasteiger partial charge >= 0.3 is 0 Å². The number of phenols is 1. The molecule has 0 spiro atoms. The summed E-state index contributed by atoms with van der Waals surface area (Å²) < 4.78 is 0. The summed E-state index contributed by atoms with van der Waals surface area (Å²) >= 11 is 10.3. The average molecular weight is 202 g/mol. The van der Waals surface area contributed by atoms with E-state index in [4.69, 9.17) is 29.6 Å². The maximum Gasteiger partial charge on any atom is 0.120 e. The molecule has 0 saturated carbocycles. The van der Waals surface area contributed by atoms with Crippen molar-refractivity contribution in [1.82, 2.24) is 0 Å². The van der Waals surface area contributed by atoms with E-state index in [1.54, 1.807) is 12.1 Å². The van der Waals surface area contributed by atoms with Crippen LogP contribution in [0.25, 0.3) is 0 Å². The fourth-order valence-corrected chi connectivity index (χ4v) is 1.20. The standard InChI is InChI=1S/C8H8ClNOS/c9-6-2-1-5(3-8(10)12)7(11)4-6/h1-2,4,11H,3H2,(H2,10,12). The number of hydrogen-bond acceptors (Lipinski definition) is 2. The zero-order valence-electron chi connectivity index (χ0n) is 6.25. The summed E-state index contributed by atoms with van der Waals surface area (Å²) in [7, 11) is 0. The van der Waals surface area contributed by atoms with Gasteiger partial charge in [0.15, 0.2) is 0 Å². The summed E-state index contributed by atoms with van der Waals surface area (Å²) in [4.78, 5) is 0.354. The molecule has 2 nitrogen and oxygen atoms in total. The Hall–Kier alpha value is -0.800. The van der Waals surface area contributed by atoms with Crippen LogP contribution in [-0.4, -0.2) is 10.1 Å². The van der Waals surface area contributed by atoms with Crippen LogP contribution in [0.3, 0.4) is 0 Å². The van der Waals surface area contributed by atoms with Crippen molar-refractivity contribution < 1.29 is 5.11 Å². The second-order valence-electron chi connectivity index (χ2n) is 2.42. The van der Waals surface area contributed by atoms with Gasteiger partial charge in [-0.1, -0.05) is 29.9 Å². The smallest absolute Gasteiger partial charge is 0.120 e. The summed E-state index contributed by atoms with van der Waals surface area (Å²) in [5.41, 5.74) is 6.02. The molecule has 0 unspecified atom stereocenters. The van der Waals surface area contributed by atoms with E-state index in [-0.39, 0.29) is 5.75 Å². The molecule has 0 amide bonds. The first-order chi connectivity index (χ1) is 5.59. The predicted molar refractivity (Wildman–Crippen MR) is 53.6 cm³/mol. The second kappa shape index (κ2) is 3.74. The highest BCUT2D eigenvalue weighted by atomic mass is 35.5. The zero-order valence-corrected chi connectivity index (χ0v) is 7.82. The molecule has 0 fully saturated rings. The van der Waals surface area contributed by atoms with Gasteiger partial charge in [-0.3, -0.25) is 0 Å². The highest BCUT2D eigenvalue weighted by Gasteiger charge is 2.02. The molecule has 0 heterocycles. The fourth-order valence-electron chi connectivity index (χ4n) is 0.874. The van der Waals surface area contributed by atoms with Crippen molar-refractivity contribution in [3.8, 4) is 5.75 Å². The van der Waals surface area contributed by atoms with Gasteiger partial charge in [-0.15, -0.1) is 0 Å². The highest BCUT2D eigenvalue weighted by Crippen LogP contribution is 2.21. The first-order valence-corrected chi connectivity index (χ1v) is 4.14. The molecule has 0 saturated heterocycles. The van der Waals surface area contributed by atoms with E-state index in [9.17, 15) is 5.11 Å². The molecular weight excluding hydrogens is 194 g/mol. The topological polar surface area (TPSA) is 46.2 Å². The minimum Gasteiger partial charge on any atom is -0.508 e. The number of thiocarbonyl (C=S) groups is 1. The van der Waals surface area contributed by atoms with Crippen molar-refractivity contribution in [2.75, 3.05) is 0 Å². The summed E-state index contributed by atoms with van der Waals surface area (Å²) in [6, 6.07) is 4.86. The van der Waals surface area contributed by atoms with E-state index >= 15 is 0 Å². The van der Waals surface area contributed by atoms with Crippen LogP contribution in [0.15, 0.2) is 18.2 Å². The third kappa shape index (κ3) is 2.36. The molecule has 0 aliphatic rings. The van der Waals surface area contributed by atoms with Crippen molar-refractivity contribution in [1.29, 1.82) is 0 Å². The molecule has 0 atom stereocenters. The molecule has 0 aliphatic carbocycles. The quantitative estimate of drug-likeness (QED) is 0.719.